The van der Waals surface area contributed by atoms with Gasteiger partial charge in [-0.25, -0.2) is 4.79 Å². The number of aromatic nitrogens is 1. The molecule has 0 fully saturated rings. The molecule has 2 N–H and O–H groups in total. The minimum atomic E-state index is -0.449. The SMILES string of the molecule is COC(=O)c1c(N)nsc1N(C)C. The van der Waals surface area contributed by atoms with E-state index in [1.807, 2.05) is 14.1 Å². The van der Waals surface area contributed by atoms with Crippen LogP contribution in [0.1, 0.15) is 10.4 Å². The number of nitrogens with two attached hydrogens (primary N) is 1. The van der Waals surface area contributed by atoms with Gasteiger partial charge in [0.25, 0.3) is 0 Å². The fraction of sp³-hybridized carbons (Fsp3) is 0.429. The third-order valence-corrected chi connectivity index (χ3v) is 2.53. The Morgan fingerprint density at radius 1 is 1.62 bits per heavy atom. The van der Waals surface area contributed by atoms with E-state index in [9.17, 15) is 4.79 Å². The molecule has 0 saturated heterocycles. The van der Waals surface area contributed by atoms with Crippen molar-refractivity contribution >= 4 is 28.3 Å². The highest BCUT2D eigenvalue weighted by Crippen LogP contribution is 2.29. The zero-order valence-electron chi connectivity index (χ0n) is 7.70. The van der Waals surface area contributed by atoms with Crippen molar-refractivity contribution in [3.8, 4) is 0 Å². The number of esters is 1. The van der Waals surface area contributed by atoms with Gasteiger partial charge in [0.15, 0.2) is 5.82 Å². The van der Waals surface area contributed by atoms with Crippen LogP contribution in [0.5, 0.6) is 0 Å². The third-order valence-electron chi connectivity index (χ3n) is 1.50. The highest BCUT2D eigenvalue weighted by atomic mass is 32.1. The summed E-state index contributed by atoms with van der Waals surface area (Å²) >= 11 is 1.18. The van der Waals surface area contributed by atoms with E-state index in [0.29, 0.717) is 10.6 Å². The normalized spacial score (nSPS) is 9.77. The molecule has 0 radical (unpaired) electrons. The van der Waals surface area contributed by atoms with E-state index in [0.717, 1.165) is 0 Å². The van der Waals surface area contributed by atoms with Crippen molar-refractivity contribution in [3.05, 3.63) is 5.56 Å². The molecule has 0 spiro atoms. The van der Waals surface area contributed by atoms with E-state index in [1.54, 1.807) is 4.90 Å². The number of nitrogens with zero attached hydrogens (tertiary/aromatic N) is 2. The second kappa shape index (κ2) is 3.61. The number of hydrogen-bond donors (Lipinski definition) is 1. The summed E-state index contributed by atoms with van der Waals surface area (Å²) in [6.45, 7) is 0. The molecule has 0 unspecified atom stereocenters. The van der Waals surface area contributed by atoms with Gasteiger partial charge in [-0.2, -0.15) is 4.37 Å². The standard InChI is InChI=1S/C7H11N3O2S/c1-10(2)6-4(7(11)12-3)5(8)9-13-6/h1-3H3,(H2,8,9). The molecule has 0 aromatic carbocycles. The smallest absolute Gasteiger partial charge is 0.344 e. The first kappa shape index (κ1) is 9.79. The Balaban J connectivity index is 3.16. The Kier molecular flexibility index (Phi) is 2.72. The predicted octanol–water partition coefficient (Wildman–Crippen LogP) is 0.578. The van der Waals surface area contributed by atoms with Crippen molar-refractivity contribution in [2.24, 2.45) is 0 Å². The van der Waals surface area contributed by atoms with Gasteiger partial charge in [0.2, 0.25) is 0 Å². The lowest BCUT2D eigenvalue weighted by Crippen LogP contribution is -2.13. The molecule has 1 aromatic heterocycles. The average molecular weight is 201 g/mol. The molecule has 0 aliphatic heterocycles. The summed E-state index contributed by atoms with van der Waals surface area (Å²) in [5, 5.41) is 0.712. The van der Waals surface area contributed by atoms with Crippen LogP contribution in [0.2, 0.25) is 0 Å². The van der Waals surface area contributed by atoms with Gasteiger partial charge in [-0.1, -0.05) is 0 Å². The van der Waals surface area contributed by atoms with Crippen LogP contribution >= 0.6 is 11.5 Å². The van der Waals surface area contributed by atoms with Crippen molar-refractivity contribution in [2.75, 3.05) is 31.8 Å². The molecule has 0 bridgehead atoms. The van der Waals surface area contributed by atoms with Crippen LogP contribution in [0.25, 0.3) is 0 Å². The molecule has 0 saturated carbocycles. The molecule has 0 aliphatic rings. The largest absolute Gasteiger partial charge is 0.465 e. The van der Waals surface area contributed by atoms with Crippen LogP contribution in [-0.4, -0.2) is 31.5 Å². The lowest BCUT2D eigenvalue weighted by atomic mass is 10.3. The number of carbonyl (C=O) groups is 1. The Morgan fingerprint density at radius 2 is 2.23 bits per heavy atom. The van der Waals surface area contributed by atoms with Gasteiger partial charge in [0.1, 0.15) is 10.6 Å². The molecule has 6 heteroatoms. The molecule has 1 aromatic rings. The van der Waals surface area contributed by atoms with Crippen LogP contribution in [-0.2, 0) is 4.74 Å². The summed E-state index contributed by atoms with van der Waals surface area (Å²) in [6.07, 6.45) is 0. The van der Waals surface area contributed by atoms with Crippen LogP contribution in [0.4, 0.5) is 10.8 Å². The van der Waals surface area contributed by atoms with Crippen molar-refractivity contribution < 1.29 is 9.53 Å². The molecule has 1 rings (SSSR count). The van der Waals surface area contributed by atoms with Gasteiger partial charge in [-0.3, -0.25) is 0 Å². The number of anilines is 2. The second-order valence-corrected chi connectivity index (χ2v) is 3.39. The number of ether oxygens (including phenoxy) is 1. The molecular formula is C7H11N3O2S. The van der Waals surface area contributed by atoms with Gasteiger partial charge in [0.05, 0.1) is 7.11 Å². The van der Waals surface area contributed by atoms with Crippen LogP contribution in [0.15, 0.2) is 0 Å². The Hall–Kier alpha value is -1.30. The minimum absolute atomic E-state index is 0.223. The van der Waals surface area contributed by atoms with Crippen molar-refractivity contribution in [3.63, 3.8) is 0 Å². The van der Waals surface area contributed by atoms with Crippen LogP contribution in [0, 0.1) is 0 Å². The van der Waals surface area contributed by atoms with Crippen LogP contribution in [0.3, 0.4) is 0 Å². The summed E-state index contributed by atoms with van der Waals surface area (Å²) < 4.78 is 8.47. The fourth-order valence-electron chi connectivity index (χ4n) is 0.892. The summed E-state index contributed by atoms with van der Waals surface area (Å²) in [7, 11) is 4.96. The molecule has 0 aliphatic carbocycles. The summed E-state index contributed by atoms with van der Waals surface area (Å²) in [5.41, 5.74) is 5.87. The summed E-state index contributed by atoms with van der Waals surface area (Å²) in [5.74, 6) is -0.226. The monoisotopic (exact) mass is 201 g/mol. The average Bonchev–Trinajstić information content (AvgIpc) is 2.46. The van der Waals surface area contributed by atoms with Crippen LogP contribution < -0.4 is 10.6 Å². The maximum absolute atomic E-state index is 11.3. The van der Waals surface area contributed by atoms with E-state index >= 15 is 0 Å². The highest BCUT2D eigenvalue weighted by Gasteiger charge is 2.20. The highest BCUT2D eigenvalue weighted by molar-refractivity contribution is 7.11. The molecule has 1 heterocycles. The Bertz CT molecular complexity index is 322. The van der Waals surface area contributed by atoms with E-state index in [4.69, 9.17) is 5.73 Å². The number of methoxy groups -OCH3 is 1. The number of rotatable bonds is 2. The molecule has 0 amide bonds. The molecule has 13 heavy (non-hydrogen) atoms. The first-order chi connectivity index (χ1) is 6.07. The lowest BCUT2D eigenvalue weighted by molar-refractivity contribution is 0.0603. The molecule has 72 valence electrons. The first-order valence-electron chi connectivity index (χ1n) is 3.58. The minimum Gasteiger partial charge on any atom is -0.465 e. The number of nitrogen functional groups attached to an aromatic ring is 1. The van der Waals surface area contributed by atoms with E-state index in [-0.39, 0.29) is 5.82 Å². The van der Waals surface area contributed by atoms with Gasteiger partial charge < -0.3 is 15.4 Å². The van der Waals surface area contributed by atoms with Gasteiger partial charge in [0, 0.05) is 14.1 Å². The van der Waals surface area contributed by atoms with E-state index in [2.05, 4.69) is 9.11 Å². The maximum atomic E-state index is 11.3. The predicted molar refractivity (Wildman–Crippen MR) is 52.2 cm³/mol. The number of hydrogen-bond acceptors (Lipinski definition) is 6. The Labute approximate surface area is 80.3 Å². The van der Waals surface area contributed by atoms with Crippen molar-refractivity contribution in [1.29, 1.82) is 0 Å². The summed E-state index contributed by atoms with van der Waals surface area (Å²) in [4.78, 5) is 13.0. The maximum Gasteiger partial charge on any atom is 0.344 e. The zero-order chi connectivity index (χ0) is 10.0. The molecule has 0 atom stereocenters. The van der Waals surface area contributed by atoms with Gasteiger partial charge >= 0.3 is 5.97 Å². The quantitative estimate of drug-likeness (QED) is 0.709. The topological polar surface area (TPSA) is 68.5 Å². The molecular weight excluding hydrogens is 190 g/mol. The summed E-state index contributed by atoms with van der Waals surface area (Å²) in [6, 6.07) is 0. The zero-order valence-corrected chi connectivity index (χ0v) is 8.51. The van der Waals surface area contributed by atoms with Crippen molar-refractivity contribution in [2.45, 2.75) is 0 Å². The Morgan fingerprint density at radius 3 is 2.69 bits per heavy atom. The van der Waals surface area contributed by atoms with Crippen molar-refractivity contribution in [1.82, 2.24) is 4.37 Å². The first-order valence-corrected chi connectivity index (χ1v) is 4.36. The fourth-order valence-corrected chi connectivity index (χ4v) is 1.61. The van der Waals surface area contributed by atoms with Gasteiger partial charge in [-0.05, 0) is 11.5 Å². The second-order valence-electron chi connectivity index (χ2n) is 2.63. The van der Waals surface area contributed by atoms with Gasteiger partial charge in [-0.15, -0.1) is 0 Å². The molecule has 5 nitrogen and oxygen atoms in total. The number of carbonyl (C=O) groups excluding carboxylic acids is 1. The van der Waals surface area contributed by atoms with E-state index in [1.165, 1.54) is 18.6 Å². The third kappa shape index (κ3) is 1.72. The van der Waals surface area contributed by atoms with E-state index < -0.39 is 5.97 Å². The lowest BCUT2D eigenvalue weighted by Gasteiger charge is -2.10.